The molecule has 0 spiro atoms. The molecular formula is C27H21ClN2O3. The highest BCUT2D eigenvalue weighted by Crippen LogP contribution is 2.44. The molecular weight excluding hydrogens is 436 g/mol. The molecule has 0 radical (unpaired) electrons. The molecule has 164 valence electrons. The highest BCUT2D eigenvalue weighted by Gasteiger charge is 2.51. The number of rotatable bonds is 6. The lowest BCUT2D eigenvalue weighted by molar-refractivity contribution is -0.136. The summed E-state index contributed by atoms with van der Waals surface area (Å²) in [6, 6.07) is 25.4. The van der Waals surface area contributed by atoms with Gasteiger partial charge in [0.25, 0.3) is 5.91 Å². The van der Waals surface area contributed by atoms with Crippen LogP contribution in [0.4, 0.5) is 5.69 Å². The zero-order valence-corrected chi connectivity index (χ0v) is 18.4. The predicted molar refractivity (Wildman–Crippen MR) is 128 cm³/mol. The number of benzene rings is 3. The molecule has 1 atom stereocenters. The number of nitrogens with zero attached hydrogens (tertiary/aromatic N) is 2. The number of fused-ring (bicyclic) bond motifs is 1. The van der Waals surface area contributed by atoms with Gasteiger partial charge in [0.15, 0.2) is 11.4 Å². The average Bonchev–Trinajstić information content (AvgIpc) is 3.43. The van der Waals surface area contributed by atoms with Crippen LogP contribution in [0.3, 0.4) is 0 Å². The Morgan fingerprint density at radius 3 is 2.42 bits per heavy atom. The highest BCUT2D eigenvalue weighted by atomic mass is 35.5. The number of aliphatic hydroxyl groups is 1. The van der Waals surface area contributed by atoms with E-state index in [4.69, 9.17) is 11.6 Å². The third kappa shape index (κ3) is 3.86. The van der Waals surface area contributed by atoms with Crippen LogP contribution >= 0.6 is 11.6 Å². The lowest BCUT2D eigenvalue weighted by Crippen LogP contribution is -2.41. The van der Waals surface area contributed by atoms with Crippen LogP contribution in [0.5, 0.6) is 0 Å². The molecule has 1 aromatic heterocycles. The van der Waals surface area contributed by atoms with Gasteiger partial charge in [-0.2, -0.15) is 0 Å². The quantitative estimate of drug-likeness (QED) is 0.409. The molecule has 4 aromatic rings. The van der Waals surface area contributed by atoms with E-state index in [0.717, 1.165) is 11.3 Å². The molecule has 5 rings (SSSR count). The van der Waals surface area contributed by atoms with Crippen molar-refractivity contribution in [3.8, 4) is 5.69 Å². The van der Waals surface area contributed by atoms with Gasteiger partial charge in [-0.15, -0.1) is 0 Å². The van der Waals surface area contributed by atoms with Crippen LogP contribution in [0.25, 0.3) is 5.69 Å². The number of hydrogen-bond acceptors (Lipinski definition) is 3. The summed E-state index contributed by atoms with van der Waals surface area (Å²) in [7, 11) is 0. The Labute approximate surface area is 196 Å². The van der Waals surface area contributed by atoms with E-state index >= 15 is 0 Å². The van der Waals surface area contributed by atoms with Crippen molar-refractivity contribution < 1.29 is 14.7 Å². The van der Waals surface area contributed by atoms with Gasteiger partial charge in [0.2, 0.25) is 0 Å². The Balaban J connectivity index is 1.48. The fraction of sp³-hybridized carbons (Fsp3) is 0.111. The Bertz CT molecular complexity index is 1330. The Hall–Kier alpha value is -3.67. The van der Waals surface area contributed by atoms with Gasteiger partial charge in [0.05, 0.1) is 18.7 Å². The van der Waals surface area contributed by atoms with Crippen LogP contribution in [0.1, 0.15) is 27.9 Å². The zero-order chi connectivity index (χ0) is 23.0. The number of carbonyl (C=O) groups is 2. The van der Waals surface area contributed by atoms with E-state index in [1.807, 2.05) is 65.5 Å². The summed E-state index contributed by atoms with van der Waals surface area (Å²) in [5.74, 6) is -0.856. The van der Waals surface area contributed by atoms with Crippen molar-refractivity contribution in [3.63, 3.8) is 0 Å². The van der Waals surface area contributed by atoms with Gasteiger partial charge < -0.3 is 14.6 Å². The van der Waals surface area contributed by atoms with Crippen LogP contribution in [-0.2, 0) is 16.9 Å². The topological polar surface area (TPSA) is 62.5 Å². The van der Waals surface area contributed by atoms with Crippen LogP contribution in [0.15, 0.2) is 97.3 Å². The first-order chi connectivity index (χ1) is 16.0. The normalized spacial score (nSPS) is 17.3. The largest absolute Gasteiger partial charge is 0.375 e. The summed E-state index contributed by atoms with van der Waals surface area (Å²) in [5.41, 5.74) is 1.09. The SMILES string of the molecule is O=C(C[C@@]1(O)C(=O)N(Cc2ccccc2)c2ccc(Cl)cc21)c1cccc(-n2cccc2)c1. The minimum Gasteiger partial charge on any atom is -0.375 e. The predicted octanol–water partition coefficient (Wildman–Crippen LogP) is 5.14. The van der Waals surface area contributed by atoms with Crippen molar-refractivity contribution in [1.29, 1.82) is 0 Å². The van der Waals surface area contributed by atoms with Gasteiger partial charge in [-0.05, 0) is 48.0 Å². The molecule has 0 bridgehead atoms. The number of halogens is 1. The Morgan fingerprint density at radius 2 is 1.67 bits per heavy atom. The van der Waals surface area contributed by atoms with Crippen LogP contribution in [-0.4, -0.2) is 21.4 Å². The number of amides is 1. The van der Waals surface area contributed by atoms with Gasteiger partial charge in [-0.25, -0.2) is 0 Å². The molecule has 0 unspecified atom stereocenters. The van der Waals surface area contributed by atoms with Crippen LogP contribution < -0.4 is 4.90 Å². The fourth-order valence-electron chi connectivity index (χ4n) is 4.30. The molecule has 1 aliphatic heterocycles. The molecule has 1 aliphatic rings. The van der Waals surface area contributed by atoms with E-state index in [-0.39, 0.29) is 18.7 Å². The minimum absolute atomic E-state index is 0.286. The molecule has 1 N–H and O–H groups in total. The number of aromatic nitrogens is 1. The minimum atomic E-state index is -1.99. The van der Waals surface area contributed by atoms with Crippen molar-refractivity contribution in [3.05, 3.63) is 119 Å². The van der Waals surface area contributed by atoms with E-state index < -0.39 is 11.5 Å². The third-order valence-corrected chi connectivity index (χ3v) is 6.20. The summed E-state index contributed by atoms with van der Waals surface area (Å²) in [6.07, 6.45) is 3.40. The first-order valence-corrected chi connectivity index (χ1v) is 11.0. The fourth-order valence-corrected chi connectivity index (χ4v) is 4.47. The summed E-state index contributed by atoms with van der Waals surface area (Å²) < 4.78 is 1.89. The second kappa shape index (κ2) is 8.35. The third-order valence-electron chi connectivity index (χ3n) is 5.96. The number of carbonyl (C=O) groups excluding carboxylic acids is 2. The average molecular weight is 457 g/mol. The molecule has 1 amide bonds. The van der Waals surface area contributed by atoms with Gasteiger partial charge in [-0.3, -0.25) is 9.59 Å². The van der Waals surface area contributed by atoms with Crippen molar-refractivity contribution in [2.75, 3.05) is 4.90 Å². The lowest BCUT2D eigenvalue weighted by Gasteiger charge is -2.23. The number of anilines is 1. The summed E-state index contributed by atoms with van der Waals surface area (Å²) in [6.45, 7) is 0.286. The van der Waals surface area contributed by atoms with Crippen molar-refractivity contribution in [1.82, 2.24) is 4.57 Å². The second-order valence-corrected chi connectivity index (χ2v) is 8.58. The van der Waals surface area contributed by atoms with Gasteiger partial charge in [0, 0.05) is 34.2 Å². The van der Waals surface area contributed by atoms with E-state index in [2.05, 4.69) is 0 Å². The smallest absolute Gasteiger partial charge is 0.264 e. The molecule has 3 aromatic carbocycles. The summed E-state index contributed by atoms with van der Waals surface area (Å²) in [5, 5.41) is 12.0. The number of Topliss-reactive ketones (excluding diaryl/α,β-unsaturated/α-hetero) is 1. The van der Waals surface area contributed by atoms with Crippen LogP contribution in [0.2, 0.25) is 5.02 Å². The highest BCUT2D eigenvalue weighted by molar-refractivity contribution is 6.31. The lowest BCUT2D eigenvalue weighted by atomic mass is 9.88. The molecule has 0 saturated heterocycles. The van der Waals surface area contributed by atoms with Gasteiger partial charge in [-0.1, -0.05) is 54.1 Å². The first kappa shape index (κ1) is 21.2. The molecule has 6 heteroatoms. The molecule has 2 heterocycles. The van der Waals surface area contributed by atoms with E-state index in [1.54, 1.807) is 36.4 Å². The summed E-state index contributed by atoms with van der Waals surface area (Å²) in [4.78, 5) is 28.3. The number of ketones is 1. The van der Waals surface area contributed by atoms with Crippen LogP contribution in [0, 0.1) is 0 Å². The van der Waals surface area contributed by atoms with Crippen molar-refractivity contribution in [2.45, 2.75) is 18.6 Å². The standard InChI is InChI=1S/C27H21ClN2O3/c28-21-11-12-24-23(16-21)27(33,26(32)30(24)18-19-7-2-1-3-8-19)17-25(31)20-9-6-10-22(15-20)29-13-4-5-14-29/h1-16,33H,17-18H2/t27-/m0/s1. The Kier molecular flexibility index (Phi) is 5.36. The molecule has 0 aliphatic carbocycles. The first-order valence-electron chi connectivity index (χ1n) is 10.6. The molecule has 0 saturated carbocycles. The maximum atomic E-state index is 13.5. The molecule has 33 heavy (non-hydrogen) atoms. The number of hydrogen-bond donors (Lipinski definition) is 1. The maximum absolute atomic E-state index is 13.5. The summed E-state index contributed by atoms with van der Waals surface area (Å²) >= 11 is 6.21. The van der Waals surface area contributed by atoms with Crippen molar-refractivity contribution >= 4 is 29.0 Å². The van der Waals surface area contributed by atoms with E-state index in [9.17, 15) is 14.7 Å². The maximum Gasteiger partial charge on any atom is 0.264 e. The molecule has 5 nitrogen and oxygen atoms in total. The van der Waals surface area contributed by atoms with Gasteiger partial charge >= 0.3 is 0 Å². The van der Waals surface area contributed by atoms with E-state index in [1.165, 1.54) is 4.90 Å². The zero-order valence-electron chi connectivity index (χ0n) is 17.7. The Morgan fingerprint density at radius 1 is 0.909 bits per heavy atom. The van der Waals surface area contributed by atoms with Gasteiger partial charge in [0.1, 0.15) is 0 Å². The van der Waals surface area contributed by atoms with Crippen molar-refractivity contribution in [2.24, 2.45) is 0 Å². The second-order valence-electron chi connectivity index (χ2n) is 8.14. The molecule has 0 fully saturated rings. The monoisotopic (exact) mass is 456 g/mol. The van der Waals surface area contributed by atoms with E-state index in [0.29, 0.717) is 21.8 Å².